The molecule has 1 aromatic heterocycles. The molecule has 0 saturated heterocycles. The van der Waals surface area contributed by atoms with Crippen molar-refractivity contribution < 1.29 is 23.1 Å². The van der Waals surface area contributed by atoms with Gasteiger partial charge in [0.15, 0.2) is 17.7 Å². The van der Waals surface area contributed by atoms with Crippen LogP contribution >= 0.6 is 0 Å². The number of nitrogens with one attached hydrogen (secondary N) is 1. The first-order chi connectivity index (χ1) is 13.9. The minimum Gasteiger partial charge on any atom is -0.449 e. The van der Waals surface area contributed by atoms with Crippen molar-refractivity contribution in [3.8, 4) is 0 Å². The molecular weight excluding hydrogens is 378 g/mol. The van der Waals surface area contributed by atoms with Crippen LogP contribution in [0.3, 0.4) is 0 Å². The Morgan fingerprint density at radius 2 is 1.86 bits per heavy atom. The number of para-hydroxylation sites is 1. The van der Waals surface area contributed by atoms with Crippen molar-refractivity contribution in [1.29, 1.82) is 0 Å². The van der Waals surface area contributed by atoms with Gasteiger partial charge in [0.1, 0.15) is 0 Å². The Kier molecular flexibility index (Phi) is 4.96. The fourth-order valence-corrected chi connectivity index (χ4v) is 3.05. The molecule has 1 aliphatic rings. The van der Waals surface area contributed by atoms with Crippen LogP contribution in [0, 0.1) is 11.6 Å². The molecule has 7 heteroatoms. The molecule has 1 atom stereocenters. The van der Waals surface area contributed by atoms with Crippen LogP contribution in [0.15, 0.2) is 48.5 Å². The normalized spacial score (nSPS) is 14.4. The molecule has 1 heterocycles. The molecule has 0 bridgehead atoms. The second-order valence-electron chi connectivity index (χ2n) is 7.05. The Hall–Kier alpha value is -3.35. The van der Waals surface area contributed by atoms with E-state index in [1.807, 2.05) is 12.1 Å². The lowest BCUT2D eigenvalue weighted by molar-refractivity contribution is -0.123. The van der Waals surface area contributed by atoms with Crippen LogP contribution < -0.4 is 5.32 Å². The first-order valence-corrected chi connectivity index (χ1v) is 9.29. The first-order valence-electron chi connectivity index (χ1n) is 9.29. The Labute approximate surface area is 165 Å². The fourth-order valence-electron chi connectivity index (χ4n) is 3.05. The van der Waals surface area contributed by atoms with E-state index in [-0.39, 0.29) is 5.69 Å². The van der Waals surface area contributed by atoms with E-state index in [1.165, 1.54) is 13.0 Å². The summed E-state index contributed by atoms with van der Waals surface area (Å²) in [5.74, 6) is -3.04. The summed E-state index contributed by atoms with van der Waals surface area (Å²) < 4.78 is 31.7. The zero-order chi connectivity index (χ0) is 20.5. The van der Waals surface area contributed by atoms with E-state index in [0.717, 1.165) is 30.7 Å². The summed E-state index contributed by atoms with van der Waals surface area (Å²) in [4.78, 5) is 29.7. The number of carbonyl (C=O) groups excluding carboxylic acids is 2. The molecule has 148 valence electrons. The number of rotatable bonds is 5. The third kappa shape index (κ3) is 4.08. The van der Waals surface area contributed by atoms with Gasteiger partial charge in [-0.1, -0.05) is 18.2 Å². The number of anilines is 1. The van der Waals surface area contributed by atoms with Crippen LogP contribution in [0.4, 0.5) is 14.5 Å². The lowest BCUT2D eigenvalue weighted by Crippen LogP contribution is -2.30. The maximum Gasteiger partial charge on any atom is 0.339 e. The maximum atomic E-state index is 13.3. The van der Waals surface area contributed by atoms with Gasteiger partial charge in [-0.2, -0.15) is 0 Å². The monoisotopic (exact) mass is 396 g/mol. The molecule has 1 aliphatic carbocycles. The first kappa shape index (κ1) is 19.0. The number of nitrogens with zero attached hydrogens (tertiary/aromatic N) is 1. The van der Waals surface area contributed by atoms with Gasteiger partial charge in [-0.15, -0.1) is 0 Å². The average Bonchev–Trinajstić information content (AvgIpc) is 3.55. The summed E-state index contributed by atoms with van der Waals surface area (Å²) in [6.07, 6.45) is 0.937. The molecule has 3 aromatic rings. The molecule has 1 N–H and O–H groups in total. The molecule has 5 nitrogen and oxygen atoms in total. The number of hydrogen-bond donors (Lipinski definition) is 1. The van der Waals surface area contributed by atoms with Crippen LogP contribution in [0.1, 0.15) is 41.7 Å². The topological polar surface area (TPSA) is 68.3 Å². The second kappa shape index (κ2) is 7.58. The van der Waals surface area contributed by atoms with Gasteiger partial charge in [0.05, 0.1) is 11.1 Å². The highest BCUT2D eigenvalue weighted by molar-refractivity contribution is 6.05. The lowest BCUT2D eigenvalue weighted by Gasteiger charge is -2.15. The molecule has 0 radical (unpaired) electrons. The summed E-state index contributed by atoms with van der Waals surface area (Å²) in [7, 11) is 0. The Balaban J connectivity index is 1.52. The lowest BCUT2D eigenvalue weighted by atomic mass is 10.1. The van der Waals surface area contributed by atoms with Crippen molar-refractivity contribution in [1.82, 2.24) is 4.98 Å². The number of ether oxygens (including phenoxy) is 1. The van der Waals surface area contributed by atoms with Crippen molar-refractivity contribution in [2.24, 2.45) is 0 Å². The Morgan fingerprint density at radius 3 is 2.59 bits per heavy atom. The third-order valence-electron chi connectivity index (χ3n) is 4.79. The van der Waals surface area contributed by atoms with E-state index in [1.54, 1.807) is 18.2 Å². The van der Waals surface area contributed by atoms with Crippen LogP contribution in [-0.4, -0.2) is 23.0 Å². The molecule has 4 rings (SSSR count). The van der Waals surface area contributed by atoms with Gasteiger partial charge in [-0.3, -0.25) is 9.78 Å². The predicted octanol–water partition coefficient (Wildman–Crippen LogP) is 4.57. The van der Waals surface area contributed by atoms with E-state index in [4.69, 9.17) is 4.74 Å². The number of aromatic nitrogens is 1. The molecule has 0 aliphatic heterocycles. The number of carbonyl (C=O) groups is 2. The zero-order valence-corrected chi connectivity index (χ0v) is 15.6. The minimum absolute atomic E-state index is 0.0715. The largest absolute Gasteiger partial charge is 0.449 e. The molecule has 1 saturated carbocycles. The predicted molar refractivity (Wildman–Crippen MR) is 104 cm³/mol. The van der Waals surface area contributed by atoms with Gasteiger partial charge >= 0.3 is 5.97 Å². The van der Waals surface area contributed by atoms with E-state index in [9.17, 15) is 18.4 Å². The Bertz CT molecular complexity index is 1110. The van der Waals surface area contributed by atoms with Gasteiger partial charge in [0.25, 0.3) is 5.91 Å². The summed E-state index contributed by atoms with van der Waals surface area (Å²) in [6.45, 7) is 1.41. The van der Waals surface area contributed by atoms with Crippen LogP contribution in [0.25, 0.3) is 10.9 Å². The van der Waals surface area contributed by atoms with Gasteiger partial charge in [-0.25, -0.2) is 13.6 Å². The van der Waals surface area contributed by atoms with Gasteiger partial charge < -0.3 is 10.1 Å². The van der Waals surface area contributed by atoms with Gasteiger partial charge in [-0.05, 0) is 44.0 Å². The highest BCUT2D eigenvalue weighted by Crippen LogP contribution is 2.40. The summed E-state index contributed by atoms with van der Waals surface area (Å²) in [6, 6.07) is 12.0. The maximum absolute atomic E-state index is 13.3. The molecule has 1 amide bonds. The highest BCUT2D eigenvalue weighted by atomic mass is 19.2. The van der Waals surface area contributed by atoms with E-state index in [2.05, 4.69) is 10.3 Å². The van der Waals surface area contributed by atoms with Crippen molar-refractivity contribution in [3.05, 3.63) is 71.4 Å². The molecule has 2 aromatic carbocycles. The highest BCUT2D eigenvalue weighted by Gasteiger charge is 2.28. The SMILES string of the molecule is C[C@H](OC(=O)c1cc(C2CC2)nc2ccccc12)C(=O)Nc1ccc(F)c(F)c1. The number of halogens is 2. The summed E-state index contributed by atoms with van der Waals surface area (Å²) in [5, 5.41) is 3.06. The van der Waals surface area contributed by atoms with E-state index in [0.29, 0.717) is 22.4 Å². The number of pyridine rings is 1. The van der Waals surface area contributed by atoms with Crippen molar-refractivity contribution in [2.75, 3.05) is 5.32 Å². The Morgan fingerprint density at radius 1 is 1.10 bits per heavy atom. The smallest absolute Gasteiger partial charge is 0.339 e. The molecule has 0 spiro atoms. The zero-order valence-electron chi connectivity index (χ0n) is 15.6. The number of amides is 1. The number of benzene rings is 2. The second-order valence-corrected chi connectivity index (χ2v) is 7.05. The molecule has 0 unspecified atom stereocenters. The molecule has 29 heavy (non-hydrogen) atoms. The number of hydrogen-bond acceptors (Lipinski definition) is 4. The summed E-state index contributed by atoms with van der Waals surface area (Å²) >= 11 is 0. The van der Waals surface area contributed by atoms with E-state index >= 15 is 0 Å². The van der Waals surface area contributed by atoms with Crippen molar-refractivity contribution >= 4 is 28.5 Å². The van der Waals surface area contributed by atoms with Crippen LogP contribution in [-0.2, 0) is 9.53 Å². The van der Waals surface area contributed by atoms with Crippen molar-refractivity contribution in [3.63, 3.8) is 0 Å². The number of fused-ring (bicyclic) bond motifs is 1. The van der Waals surface area contributed by atoms with E-state index < -0.39 is 29.6 Å². The minimum atomic E-state index is -1.13. The van der Waals surface area contributed by atoms with Crippen LogP contribution in [0.5, 0.6) is 0 Å². The molecular formula is C22H18F2N2O3. The van der Waals surface area contributed by atoms with Gasteiger partial charge in [0, 0.05) is 28.8 Å². The molecule has 1 fully saturated rings. The summed E-state index contributed by atoms with van der Waals surface area (Å²) in [5.41, 5.74) is 1.96. The van der Waals surface area contributed by atoms with Crippen molar-refractivity contribution in [2.45, 2.75) is 31.8 Å². The quantitative estimate of drug-likeness (QED) is 0.642. The number of esters is 1. The standard InChI is InChI=1S/C22H18F2N2O3/c1-12(21(27)25-14-8-9-17(23)18(24)10-14)29-22(28)16-11-20(13-6-7-13)26-19-5-3-2-4-15(16)19/h2-5,8-13H,6-7H2,1H3,(H,25,27)/t12-/m0/s1. The van der Waals surface area contributed by atoms with Crippen LogP contribution in [0.2, 0.25) is 0 Å². The fraction of sp³-hybridized carbons (Fsp3) is 0.227. The average molecular weight is 396 g/mol. The van der Waals surface area contributed by atoms with Gasteiger partial charge in [0.2, 0.25) is 0 Å². The third-order valence-corrected chi connectivity index (χ3v) is 4.79.